The minimum Gasteiger partial charge on any atom is -0.284 e. The summed E-state index contributed by atoms with van der Waals surface area (Å²) >= 11 is -2.61. The van der Waals surface area contributed by atoms with E-state index in [0.29, 0.717) is 0 Å². The summed E-state index contributed by atoms with van der Waals surface area (Å²) in [6, 6.07) is 0. The molecular formula is H5ClO7S2. The number of hydrogen-bond donors (Lipinski definition) is 4. The molecule has 0 spiro atoms. The van der Waals surface area contributed by atoms with Gasteiger partial charge >= 0.3 is 10.4 Å². The molecular weight excluding hydrogens is 212 g/mol. The summed E-state index contributed by atoms with van der Waals surface area (Å²) in [5.41, 5.74) is 0. The lowest BCUT2D eigenvalue weighted by Crippen LogP contribution is -1.89. The van der Waals surface area contributed by atoms with Crippen molar-refractivity contribution in [1.82, 2.24) is 0 Å². The molecule has 0 aliphatic carbocycles. The lowest BCUT2D eigenvalue weighted by Gasteiger charge is -1.68. The smallest absolute Gasteiger partial charge is 0.284 e. The van der Waals surface area contributed by atoms with Gasteiger partial charge in [0.05, 0.1) is 0 Å². The monoisotopic (exact) mass is 216 g/mol. The van der Waals surface area contributed by atoms with Crippen LogP contribution in [0.3, 0.4) is 0 Å². The Bertz CT molecular complexity index is 154. The molecule has 0 saturated carbocycles. The summed E-state index contributed by atoms with van der Waals surface area (Å²) in [7, 11) is -4.67. The van der Waals surface area contributed by atoms with Gasteiger partial charge in [-0.25, -0.2) is 0 Å². The van der Waals surface area contributed by atoms with E-state index in [2.05, 4.69) is 0 Å². The summed E-state index contributed by atoms with van der Waals surface area (Å²) in [4.78, 5) is 0. The van der Waals surface area contributed by atoms with Gasteiger partial charge in [0.1, 0.15) is 0 Å². The van der Waals surface area contributed by atoms with Crippen molar-refractivity contribution in [2.45, 2.75) is 0 Å². The Morgan fingerprint density at radius 1 is 1.10 bits per heavy atom. The quantitative estimate of drug-likeness (QED) is 0.315. The number of rotatable bonds is 0. The molecule has 0 saturated heterocycles. The maximum absolute atomic E-state index is 8.74. The Balaban J connectivity index is -0.0000000910. The summed E-state index contributed by atoms with van der Waals surface area (Å²) in [5, 5.41) is 0. The highest BCUT2D eigenvalue weighted by molar-refractivity contribution is 7.79. The third kappa shape index (κ3) is 8130. The third-order valence-corrected chi connectivity index (χ3v) is 0. The van der Waals surface area contributed by atoms with Crippen LogP contribution >= 0.6 is 12.4 Å². The lowest BCUT2D eigenvalue weighted by atomic mass is 15.8. The summed E-state index contributed by atoms with van der Waals surface area (Å²) in [6.07, 6.45) is 0. The van der Waals surface area contributed by atoms with Crippen molar-refractivity contribution in [3.05, 3.63) is 0 Å². The van der Waals surface area contributed by atoms with Crippen LogP contribution in [0.25, 0.3) is 0 Å². The van der Waals surface area contributed by atoms with Gasteiger partial charge in [-0.1, -0.05) is 0 Å². The fourth-order valence-electron chi connectivity index (χ4n) is 0. The molecule has 0 aliphatic rings. The van der Waals surface area contributed by atoms with Gasteiger partial charge in [-0.15, -0.1) is 12.4 Å². The molecule has 0 amide bonds. The van der Waals surface area contributed by atoms with Crippen molar-refractivity contribution in [3.8, 4) is 0 Å². The number of hydrogen-bond acceptors (Lipinski definition) is 3. The van der Waals surface area contributed by atoms with Crippen LogP contribution in [-0.4, -0.2) is 30.8 Å². The molecule has 4 N–H and O–H groups in total. The molecule has 0 heterocycles. The zero-order valence-electron chi connectivity index (χ0n) is 4.24. The molecule has 10 heavy (non-hydrogen) atoms. The average molecular weight is 217 g/mol. The van der Waals surface area contributed by atoms with E-state index in [1.54, 1.807) is 0 Å². The molecule has 0 radical (unpaired) electrons. The van der Waals surface area contributed by atoms with Crippen molar-refractivity contribution in [2.75, 3.05) is 0 Å². The Morgan fingerprint density at radius 2 is 1.10 bits per heavy atom. The Morgan fingerprint density at radius 3 is 1.10 bits per heavy atom. The van der Waals surface area contributed by atoms with Crippen LogP contribution in [0.4, 0.5) is 0 Å². The highest BCUT2D eigenvalue weighted by Gasteiger charge is 1.84. The van der Waals surface area contributed by atoms with E-state index >= 15 is 0 Å². The van der Waals surface area contributed by atoms with Crippen LogP contribution < -0.4 is 0 Å². The molecule has 0 rings (SSSR count). The molecule has 7 nitrogen and oxygen atoms in total. The first kappa shape index (κ1) is 16.7. The van der Waals surface area contributed by atoms with Gasteiger partial charge in [0, 0.05) is 0 Å². The van der Waals surface area contributed by atoms with Gasteiger partial charge in [0.2, 0.25) is 0 Å². The van der Waals surface area contributed by atoms with Gasteiger partial charge in [0.15, 0.2) is 0 Å². The molecule has 0 aromatic carbocycles. The fraction of sp³-hybridized carbons (Fsp3) is 0. The van der Waals surface area contributed by atoms with Crippen molar-refractivity contribution in [3.63, 3.8) is 0 Å². The normalized spacial score (nSPS) is 9.30. The molecule has 0 aliphatic heterocycles. The van der Waals surface area contributed by atoms with E-state index in [9.17, 15) is 0 Å². The van der Waals surface area contributed by atoms with Gasteiger partial charge in [-0.2, -0.15) is 12.6 Å². The Kier molecular flexibility index (Phi) is 12.2. The van der Waals surface area contributed by atoms with Crippen molar-refractivity contribution >= 4 is 34.2 Å². The molecule has 0 fully saturated rings. The van der Waals surface area contributed by atoms with Gasteiger partial charge in [-0.05, 0) is 0 Å². The summed E-state index contributed by atoms with van der Waals surface area (Å²) in [5.74, 6) is 0. The van der Waals surface area contributed by atoms with Gasteiger partial charge in [-0.3, -0.25) is 18.2 Å². The molecule has 0 aromatic rings. The molecule has 0 unspecified atom stereocenters. The van der Waals surface area contributed by atoms with E-state index in [-0.39, 0.29) is 12.4 Å². The van der Waals surface area contributed by atoms with Crippen LogP contribution in [0.2, 0.25) is 0 Å². The largest absolute Gasteiger partial charge is 0.394 e. The second kappa shape index (κ2) is 7.34. The molecule has 0 aromatic heterocycles. The Labute approximate surface area is 65.5 Å². The highest BCUT2D eigenvalue weighted by Crippen LogP contribution is 1.59. The van der Waals surface area contributed by atoms with Crippen LogP contribution in [-0.2, 0) is 21.8 Å². The summed E-state index contributed by atoms with van der Waals surface area (Å²) < 4.78 is 54.4. The van der Waals surface area contributed by atoms with E-state index in [4.69, 9.17) is 30.8 Å². The molecule has 10 heteroatoms. The average Bonchev–Trinajstić information content (AvgIpc) is 1.19. The SMILES string of the molecule is Cl.O=S(=O)(O)O.O=S(O)O. The topological polar surface area (TPSA) is 132 Å². The maximum atomic E-state index is 8.74. The van der Waals surface area contributed by atoms with Crippen molar-refractivity contribution in [2.24, 2.45) is 0 Å². The van der Waals surface area contributed by atoms with Crippen LogP contribution in [0.15, 0.2) is 0 Å². The first-order valence-corrected chi connectivity index (χ1v) is 3.69. The van der Waals surface area contributed by atoms with Crippen LogP contribution in [0.1, 0.15) is 0 Å². The second-order valence-electron chi connectivity index (χ2n) is 0.679. The van der Waals surface area contributed by atoms with E-state index < -0.39 is 21.8 Å². The van der Waals surface area contributed by atoms with Crippen molar-refractivity contribution in [1.29, 1.82) is 0 Å². The van der Waals surface area contributed by atoms with Crippen LogP contribution in [0.5, 0.6) is 0 Å². The maximum Gasteiger partial charge on any atom is 0.394 e. The third-order valence-electron chi connectivity index (χ3n) is 0. The molecule has 66 valence electrons. The van der Waals surface area contributed by atoms with Crippen LogP contribution in [0, 0.1) is 0 Å². The minimum absolute atomic E-state index is 0. The fourth-order valence-corrected chi connectivity index (χ4v) is 0. The lowest BCUT2D eigenvalue weighted by molar-refractivity contribution is 0.381. The van der Waals surface area contributed by atoms with E-state index in [1.807, 2.05) is 0 Å². The van der Waals surface area contributed by atoms with Gasteiger partial charge in [0.25, 0.3) is 11.4 Å². The standard InChI is InChI=1S/ClH.H2O4S.H2O3S/c;1-5(2,3)4;1-4(2)3/h1H;(H2,1,2,3,4);(H2,1,2,3). The minimum atomic E-state index is -4.67. The number of halogens is 1. The highest BCUT2D eigenvalue weighted by atomic mass is 35.5. The first-order valence-electron chi connectivity index (χ1n) is 1.23. The Hall–Kier alpha value is 0.230. The predicted octanol–water partition coefficient (Wildman–Crippen LogP) is -0.550. The van der Waals surface area contributed by atoms with Gasteiger partial charge < -0.3 is 0 Å². The van der Waals surface area contributed by atoms with Crippen molar-refractivity contribution < 1.29 is 30.8 Å². The zero-order valence-corrected chi connectivity index (χ0v) is 6.69. The molecule has 0 atom stereocenters. The summed E-state index contributed by atoms with van der Waals surface area (Å²) in [6.45, 7) is 0. The zero-order chi connectivity index (χ0) is 8.08. The van der Waals surface area contributed by atoms with E-state index in [0.717, 1.165) is 0 Å². The molecule has 0 bridgehead atoms. The predicted molar refractivity (Wildman–Crippen MR) is 34.8 cm³/mol. The first-order chi connectivity index (χ1) is 3.73. The second-order valence-corrected chi connectivity index (χ2v) is 2.04. The van der Waals surface area contributed by atoms with E-state index in [1.165, 1.54) is 0 Å².